The smallest absolute Gasteiger partial charge is 0.167 e. The molecule has 0 spiro atoms. The Hall–Kier alpha value is -2.29. The van der Waals surface area contributed by atoms with Crippen LogP contribution in [0.5, 0.6) is 11.5 Å². The van der Waals surface area contributed by atoms with E-state index in [2.05, 4.69) is 0 Å². The Bertz CT molecular complexity index is 619. The van der Waals surface area contributed by atoms with Crippen molar-refractivity contribution in [2.45, 2.75) is 20.3 Å². The van der Waals surface area contributed by atoms with Crippen molar-refractivity contribution in [1.82, 2.24) is 0 Å². The van der Waals surface area contributed by atoms with Crippen molar-refractivity contribution >= 4 is 5.78 Å². The minimum Gasteiger partial charge on any atom is -0.497 e. The zero-order chi connectivity index (χ0) is 15.4. The van der Waals surface area contributed by atoms with E-state index in [1.807, 2.05) is 50.2 Å². The lowest BCUT2D eigenvalue weighted by molar-refractivity contribution is 0.0992. The number of hydrogen-bond donors (Lipinski definition) is 0. The van der Waals surface area contributed by atoms with Crippen molar-refractivity contribution < 1.29 is 14.3 Å². The topological polar surface area (TPSA) is 35.5 Å². The number of ether oxygens (including phenoxy) is 2. The van der Waals surface area contributed by atoms with Crippen LogP contribution in [0.4, 0.5) is 0 Å². The highest BCUT2D eigenvalue weighted by Gasteiger charge is 2.12. The van der Waals surface area contributed by atoms with Crippen LogP contribution in [0.15, 0.2) is 36.4 Å². The molecule has 0 aliphatic carbocycles. The number of ketones is 1. The van der Waals surface area contributed by atoms with Gasteiger partial charge in [-0.25, -0.2) is 0 Å². The number of rotatable bonds is 5. The van der Waals surface area contributed by atoms with Crippen LogP contribution in [-0.4, -0.2) is 20.0 Å². The molecule has 0 radical (unpaired) electrons. The lowest BCUT2D eigenvalue weighted by Gasteiger charge is -2.11. The average molecular weight is 284 g/mol. The molecule has 21 heavy (non-hydrogen) atoms. The van der Waals surface area contributed by atoms with Crippen LogP contribution in [0.1, 0.15) is 27.0 Å². The summed E-state index contributed by atoms with van der Waals surface area (Å²) in [6, 6.07) is 11.3. The van der Waals surface area contributed by atoms with E-state index in [1.165, 1.54) is 0 Å². The lowest BCUT2D eigenvalue weighted by Crippen LogP contribution is -2.05. The highest BCUT2D eigenvalue weighted by molar-refractivity contribution is 5.98. The first-order valence-corrected chi connectivity index (χ1v) is 6.86. The third-order valence-electron chi connectivity index (χ3n) is 3.51. The van der Waals surface area contributed by atoms with E-state index in [0.29, 0.717) is 6.42 Å². The fourth-order valence-electron chi connectivity index (χ4n) is 2.46. The van der Waals surface area contributed by atoms with Crippen LogP contribution < -0.4 is 9.47 Å². The second-order valence-corrected chi connectivity index (χ2v) is 5.09. The van der Waals surface area contributed by atoms with Crippen molar-refractivity contribution in [2.24, 2.45) is 0 Å². The molecule has 0 fully saturated rings. The predicted octanol–water partition coefficient (Wildman–Crippen LogP) is 3.75. The molecular formula is C18H20O3. The summed E-state index contributed by atoms with van der Waals surface area (Å²) in [4.78, 5) is 12.4. The van der Waals surface area contributed by atoms with Crippen LogP contribution >= 0.6 is 0 Å². The standard InChI is InChI=1S/C18H20O3/c1-12-9-15(10-13(2)18(12)21-4)17(19)11-14-5-7-16(20-3)8-6-14/h5-10H,11H2,1-4H3. The summed E-state index contributed by atoms with van der Waals surface area (Å²) in [5.41, 5.74) is 3.67. The van der Waals surface area contributed by atoms with E-state index in [1.54, 1.807) is 14.2 Å². The fourth-order valence-corrected chi connectivity index (χ4v) is 2.46. The Morgan fingerprint density at radius 3 is 2.00 bits per heavy atom. The highest BCUT2D eigenvalue weighted by atomic mass is 16.5. The van der Waals surface area contributed by atoms with Gasteiger partial charge in [0, 0.05) is 12.0 Å². The van der Waals surface area contributed by atoms with E-state index in [4.69, 9.17) is 9.47 Å². The summed E-state index contributed by atoms with van der Waals surface area (Å²) in [6.45, 7) is 3.91. The van der Waals surface area contributed by atoms with Crippen LogP contribution in [0, 0.1) is 13.8 Å². The molecule has 2 aromatic rings. The molecule has 0 aliphatic heterocycles. The lowest BCUT2D eigenvalue weighted by atomic mass is 9.98. The van der Waals surface area contributed by atoms with Gasteiger partial charge in [0.05, 0.1) is 14.2 Å². The van der Waals surface area contributed by atoms with E-state index >= 15 is 0 Å². The molecule has 0 bridgehead atoms. The number of benzene rings is 2. The average Bonchev–Trinajstić information content (AvgIpc) is 2.47. The molecule has 3 nitrogen and oxygen atoms in total. The number of aryl methyl sites for hydroxylation is 2. The van der Waals surface area contributed by atoms with Gasteiger partial charge in [-0.15, -0.1) is 0 Å². The van der Waals surface area contributed by atoms with E-state index < -0.39 is 0 Å². The zero-order valence-corrected chi connectivity index (χ0v) is 12.9. The van der Waals surface area contributed by atoms with Crippen molar-refractivity contribution in [1.29, 1.82) is 0 Å². The van der Waals surface area contributed by atoms with Gasteiger partial charge in [-0.1, -0.05) is 12.1 Å². The van der Waals surface area contributed by atoms with Crippen LogP contribution in [0.3, 0.4) is 0 Å². The molecule has 0 amide bonds. The second-order valence-electron chi connectivity index (χ2n) is 5.09. The number of methoxy groups -OCH3 is 2. The summed E-state index contributed by atoms with van der Waals surface area (Å²) >= 11 is 0. The van der Waals surface area contributed by atoms with Crippen molar-refractivity contribution in [3.63, 3.8) is 0 Å². The first-order chi connectivity index (χ1) is 10.0. The molecule has 0 aromatic heterocycles. The SMILES string of the molecule is COc1ccc(CC(=O)c2cc(C)c(OC)c(C)c2)cc1. The fraction of sp³-hybridized carbons (Fsp3) is 0.278. The molecular weight excluding hydrogens is 264 g/mol. The van der Waals surface area contributed by atoms with Gasteiger partial charge in [0.15, 0.2) is 5.78 Å². The summed E-state index contributed by atoms with van der Waals surface area (Å²) in [7, 11) is 3.28. The number of Topliss-reactive ketones (excluding diaryl/α,β-unsaturated/α-hetero) is 1. The molecule has 2 rings (SSSR count). The number of carbonyl (C=O) groups is 1. The molecule has 2 aromatic carbocycles. The first-order valence-electron chi connectivity index (χ1n) is 6.86. The zero-order valence-electron chi connectivity index (χ0n) is 12.9. The van der Waals surface area contributed by atoms with Crippen molar-refractivity contribution in [2.75, 3.05) is 14.2 Å². The van der Waals surface area contributed by atoms with Gasteiger partial charge in [0.25, 0.3) is 0 Å². The molecule has 3 heteroatoms. The Morgan fingerprint density at radius 2 is 1.52 bits per heavy atom. The maximum Gasteiger partial charge on any atom is 0.167 e. The minimum atomic E-state index is 0.106. The van der Waals surface area contributed by atoms with Gasteiger partial charge >= 0.3 is 0 Å². The second kappa shape index (κ2) is 6.44. The quantitative estimate of drug-likeness (QED) is 0.784. The first kappa shape index (κ1) is 15.1. The number of hydrogen-bond acceptors (Lipinski definition) is 3. The molecule has 0 unspecified atom stereocenters. The highest BCUT2D eigenvalue weighted by Crippen LogP contribution is 2.25. The van der Waals surface area contributed by atoms with Crippen LogP contribution in [0.2, 0.25) is 0 Å². The Balaban J connectivity index is 2.20. The van der Waals surface area contributed by atoms with Crippen molar-refractivity contribution in [3.8, 4) is 11.5 Å². The molecule has 110 valence electrons. The van der Waals surface area contributed by atoms with Gasteiger partial charge < -0.3 is 9.47 Å². The van der Waals surface area contributed by atoms with E-state index in [0.717, 1.165) is 33.8 Å². The van der Waals surface area contributed by atoms with Gasteiger partial charge in [-0.05, 0) is 54.8 Å². The molecule has 0 N–H and O–H groups in total. The Kier molecular flexibility index (Phi) is 4.63. The summed E-state index contributed by atoms with van der Waals surface area (Å²) in [6.07, 6.45) is 0.384. The summed E-state index contributed by atoms with van der Waals surface area (Å²) < 4.78 is 10.4. The monoisotopic (exact) mass is 284 g/mol. The normalized spacial score (nSPS) is 10.3. The van der Waals surface area contributed by atoms with Crippen LogP contribution in [0.25, 0.3) is 0 Å². The third kappa shape index (κ3) is 3.43. The predicted molar refractivity (Wildman–Crippen MR) is 83.5 cm³/mol. The summed E-state index contributed by atoms with van der Waals surface area (Å²) in [5, 5.41) is 0. The third-order valence-corrected chi connectivity index (χ3v) is 3.51. The van der Waals surface area contributed by atoms with Gasteiger partial charge in [0.1, 0.15) is 11.5 Å². The van der Waals surface area contributed by atoms with Crippen molar-refractivity contribution in [3.05, 3.63) is 58.7 Å². The minimum absolute atomic E-state index is 0.106. The summed E-state index contributed by atoms with van der Waals surface area (Å²) in [5.74, 6) is 1.74. The Morgan fingerprint density at radius 1 is 0.952 bits per heavy atom. The largest absolute Gasteiger partial charge is 0.497 e. The molecule has 0 aliphatic rings. The van der Waals surface area contributed by atoms with E-state index in [9.17, 15) is 4.79 Å². The maximum atomic E-state index is 12.4. The van der Waals surface area contributed by atoms with Gasteiger partial charge in [-0.3, -0.25) is 4.79 Å². The van der Waals surface area contributed by atoms with Crippen LogP contribution in [-0.2, 0) is 6.42 Å². The van der Waals surface area contributed by atoms with E-state index in [-0.39, 0.29) is 5.78 Å². The molecule has 0 saturated carbocycles. The molecule has 0 saturated heterocycles. The maximum absolute atomic E-state index is 12.4. The molecule has 0 atom stereocenters. The van der Waals surface area contributed by atoms with Gasteiger partial charge in [-0.2, -0.15) is 0 Å². The molecule has 0 heterocycles. The number of carbonyl (C=O) groups excluding carboxylic acids is 1. The van der Waals surface area contributed by atoms with Gasteiger partial charge in [0.2, 0.25) is 0 Å². The Labute approximate surface area is 125 Å².